The van der Waals surface area contributed by atoms with Crippen LogP contribution in [-0.2, 0) is 0 Å². The first-order chi connectivity index (χ1) is 9.47. The standard InChI is InChI=1S/C12H3Cl3FIN2S/c13-5-1-4(17)2-6(14)8(5)12-19-9-7(16)3-18-11(15)10(9)20-12/h1-3H. The second kappa shape index (κ2) is 5.53. The average Bonchev–Trinajstić information content (AvgIpc) is 2.78. The first-order valence-electron chi connectivity index (χ1n) is 5.23. The molecule has 2 nitrogen and oxygen atoms in total. The maximum Gasteiger partial charge on any atom is 0.168 e. The zero-order valence-corrected chi connectivity index (χ0v) is 14.7. The van der Waals surface area contributed by atoms with E-state index in [2.05, 4.69) is 32.6 Å². The minimum absolute atomic E-state index is 0.177. The summed E-state index contributed by atoms with van der Waals surface area (Å²) in [7, 11) is 0. The molecule has 0 saturated carbocycles. The van der Waals surface area contributed by atoms with Crippen molar-refractivity contribution in [1.29, 1.82) is 0 Å². The molecule has 0 aliphatic carbocycles. The second-order valence-electron chi connectivity index (χ2n) is 3.84. The third kappa shape index (κ3) is 2.50. The van der Waals surface area contributed by atoms with Crippen molar-refractivity contribution in [2.75, 3.05) is 0 Å². The summed E-state index contributed by atoms with van der Waals surface area (Å²) in [4.78, 5) is 8.01. The van der Waals surface area contributed by atoms with Crippen molar-refractivity contribution in [3.63, 3.8) is 0 Å². The van der Waals surface area contributed by atoms with E-state index in [9.17, 15) is 4.39 Å². The average molecular weight is 459 g/mol. The molecule has 0 saturated heterocycles. The van der Waals surface area contributed by atoms with Crippen LogP contribution >= 0.6 is 68.7 Å². The van der Waals surface area contributed by atoms with Crippen molar-refractivity contribution in [2.24, 2.45) is 0 Å². The Kier molecular flexibility index (Phi) is 4.07. The van der Waals surface area contributed by atoms with Gasteiger partial charge in [0.05, 0.1) is 20.9 Å². The Bertz CT molecular complexity index is 775. The molecular weight excluding hydrogens is 456 g/mol. The second-order valence-corrected chi connectivity index (χ2v) is 7.26. The van der Waals surface area contributed by atoms with Crippen LogP contribution < -0.4 is 0 Å². The minimum Gasteiger partial charge on any atom is -0.240 e. The largest absolute Gasteiger partial charge is 0.240 e. The number of benzene rings is 1. The number of hydrogen-bond acceptors (Lipinski definition) is 3. The number of thiazole rings is 1. The first kappa shape index (κ1) is 14.7. The molecule has 0 radical (unpaired) electrons. The molecule has 0 bridgehead atoms. The summed E-state index contributed by atoms with van der Waals surface area (Å²) in [5.41, 5.74) is 0.751. The van der Waals surface area contributed by atoms with Gasteiger partial charge in [0, 0.05) is 9.13 Å². The minimum atomic E-state index is -0.523. The van der Waals surface area contributed by atoms with Crippen molar-refractivity contribution in [3.8, 4) is 10.6 Å². The molecule has 0 atom stereocenters. The van der Waals surface area contributed by atoms with Crippen LogP contribution in [0.25, 0.3) is 20.8 Å². The quantitative estimate of drug-likeness (QED) is 0.326. The molecule has 3 rings (SSSR count). The lowest BCUT2D eigenvalue weighted by Crippen LogP contribution is -1.84. The van der Waals surface area contributed by atoms with Gasteiger partial charge in [0.1, 0.15) is 15.7 Å². The van der Waals surface area contributed by atoms with Gasteiger partial charge >= 0.3 is 0 Å². The fourth-order valence-corrected chi connectivity index (χ4v) is 4.76. The molecule has 0 fully saturated rings. The predicted octanol–water partition coefficient (Wildman–Crippen LogP) is 6.06. The zero-order chi connectivity index (χ0) is 14.4. The maximum absolute atomic E-state index is 13.7. The van der Waals surface area contributed by atoms with E-state index in [1.54, 1.807) is 12.1 Å². The summed E-state index contributed by atoms with van der Waals surface area (Å²) in [6.45, 7) is 0. The topological polar surface area (TPSA) is 25.8 Å². The van der Waals surface area contributed by atoms with Gasteiger partial charge in [-0.15, -0.1) is 11.3 Å². The Labute approximate surface area is 146 Å². The van der Waals surface area contributed by atoms with Crippen LogP contribution in [0.2, 0.25) is 15.2 Å². The number of nitrogens with zero attached hydrogens (tertiary/aromatic N) is 2. The van der Waals surface area contributed by atoms with Crippen LogP contribution in [0.1, 0.15) is 0 Å². The molecule has 2 heterocycles. The van der Waals surface area contributed by atoms with E-state index >= 15 is 0 Å². The van der Waals surface area contributed by atoms with Crippen molar-refractivity contribution in [1.82, 2.24) is 9.97 Å². The molecule has 102 valence electrons. The highest BCUT2D eigenvalue weighted by Gasteiger charge is 2.18. The van der Waals surface area contributed by atoms with Gasteiger partial charge in [-0.25, -0.2) is 14.4 Å². The molecule has 3 aromatic rings. The highest BCUT2D eigenvalue weighted by Crippen LogP contribution is 2.41. The Morgan fingerprint density at radius 1 is 1.15 bits per heavy atom. The summed E-state index contributed by atoms with van der Waals surface area (Å²) in [5, 5.41) is 1.65. The summed E-state index contributed by atoms with van der Waals surface area (Å²) in [6, 6.07) is 3.54. The van der Waals surface area contributed by atoms with Crippen molar-refractivity contribution in [2.45, 2.75) is 0 Å². The van der Waals surface area contributed by atoms with E-state index in [1.807, 2.05) is 0 Å². The zero-order valence-electron chi connectivity index (χ0n) is 9.42. The van der Waals surface area contributed by atoms with Gasteiger partial charge in [-0.1, -0.05) is 34.8 Å². The fourth-order valence-electron chi connectivity index (χ4n) is 1.71. The van der Waals surface area contributed by atoms with Crippen molar-refractivity contribution in [3.05, 3.63) is 42.9 Å². The van der Waals surface area contributed by atoms with E-state index in [0.717, 1.165) is 9.77 Å². The highest BCUT2D eigenvalue weighted by molar-refractivity contribution is 14.1. The summed E-state index contributed by atoms with van der Waals surface area (Å²) in [5.74, 6) is -0.523. The molecule has 0 aliphatic rings. The van der Waals surface area contributed by atoms with E-state index in [-0.39, 0.29) is 10.7 Å². The number of aromatic nitrogens is 2. The van der Waals surface area contributed by atoms with Gasteiger partial charge in [0.2, 0.25) is 0 Å². The van der Waals surface area contributed by atoms with Crippen LogP contribution in [0.15, 0.2) is 18.3 Å². The third-order valence-corrected chi connectivity index (χ3v) is 5.25. The van der Waals surface area contributed by atoms with Crippen LogP contribution in [0, 0.1) is 9.39 Å². The van der Waals surface area contributed by atoms with Crippen LogP contribution in [0.4, 0.5) is 4.39 Å². The molecule has 2 aromatic heterocycles. The highest BCUT2D eigenvalue weighted by atomic mass is 127. The lowest BCUT2D eigenvalue weighted by atomic mass is 10.2. The van der Waals surface area contributed by atoms with Crippen LogP contribution in [0.5, 0.6) is 0 Å². The molecule has 0 aliphatic heterocycles. The van der Waals surface area contributed by atoms with Crippen molar-refractivity contribution >= 4 is 78.9 Å². The Hall–Kier alpha value is -0.210. The van der Waals surface area contributed by atoms with E-state index < -0.39 is 5.82 Å². The number of fused-ring (bicyclic) bond motifs is 1. The fraction of sp³-hybridized carbons (Fsp3) is 0. The Morgan fingerprint density at radius 3 is 2.40 bits per heavy atom. The molecule has 0 spiro atoms. The van der Waals surface area contributed by atoms with Crippen molar-refractivity contribution < 1.29 is 4.39 Å². The van der Waals surface area contributed by atoms with E-state index in [1.165, 1.54) is 11.3 Å². The summed E-state index contributed by atoms with van der Waals surface area (Å²) in [6.07, 6.45) is 1.05. The predicted molar refractivity (Wildman–Crippen MR) is 90.6 cm³/mol. The number of rotatable bonds is 1. The first-order valence-corrected chi connectivity index (χ1v) is 8.25. The van der Waals surface area contributed by atoms with E-state index in [0.29, 0.717) is 25.3 Å². The Balaban J connectivity index is 2.31. The van der Waals surface area contributed by atoms with Gasteiger partial charge in [0.25, 0.3) is 0 Å². The molecular formula is C12H3Cl3FIN2S. The monoisotopic (exact) mass is 458 g/mol. The molecule has 0 unspecified atom stereocenters. The van der Waals surface area contributed by atoms with E-state index in [4.69, 9.17) is 34.8 Å². The van der Waals surface area contributed by atoms with Gasteiger partial charge in [-0.2, -0.15) is 0 Å². The van der Waals surface area contributed by atoms with Gasteiger partial charge in [0.15, 0.2) is 5.82 Å². The number of halogens is 5. The third-order valence-electron chi connectivity index (χ3n) is 2.55. The summed E-state index contributed by atoms with van der Waals surface area (Å²) < 4.78 is 15.1. The molecule has 1 aromatic carbocycles. The normalized spacial score (nSPS) is 11.2. The molecule has 0 amide bonds. The molecule has 0 N–H and O–H groups in total. The van der Waals surface area contributed by atoms with Crippen LogP contribution in [-0.4, -0.2) is 9.97 Å². The Morgan fingerprint density at radius 2 is 1.80 bits per heavy atom. The molecule has 20 heavy (non-hydrogen) atoms. The number of hydrogen-bond donors (Lipinski definition) is 0. The number of pyridine rings is 1. The SMILES string of the molecule is Fc1cnc(Cl)c2sc(-c3c(Cl)cc(I)cc3Cl)nc12. The summed E-state index contributed by atoms with van der Waals surface area (Å²) >= 11 is 21.7. The van der Waals surface area contributed by atoms with Crippen LogP contribution in [0.3, 0.4) is 0 Å². The lowest BCUT2D eigenvalue weighted by molar-refractivity contribution is 0.631. The molecule has 8 heteroatoms. The van der Waals surface area contributed by atoms with Gasteiger partial charge in [-0.3, -0.25) is 0 Å². The maximum atomic E-state index is 13.7. The lowest BCUT2D eigenvalue weighted by Gasteiger charge is -2.04. The smallest absolute Gasteiger partial charge is 0.168 e. The van der Waals surface area contributed by atoms with Gasteiger partial charge < -0.3 is 0 Å². The van der Waals surface area contributed by atoms with Gasteiger partial charge in [-0.05, 0) is 34.7 Å².